The zero-order chi connectivity index (χ0) is 19.4. The number of rotatable bonds is 5. The van der Waals surface area contributed by atoms with Gasteiger partial charge in [-0.15, -0.1) is 0 Å². The molecule has 2 aromatic rings. The number of carbonyl (C=O) groups is 1. The molecule has 1 fully saturated rings. The van der Waals surface area contributed by atoms with E-state index >= 15 is 0 Å². The SMILES string of the molecule is CCn1ncc(/C=C/C(=O)N2CCN(Cc3ccc(F)cc3Cl)CC2)c1C. The number of hydrogen-bond acceptors (Lipinski definition) is 3. The summed E-state index contributed by atoms with van der Waals surface area (Å²) in [6, 6.07) is 4.48. The summed E-state index contributed by atoms with van der Waals surface area (Å²) in [4.78, 5) is 16.5. The fourth-order valence-corrected chi connectivity index (χ4v) is 3.45. The first kappa shape index (κ1) is 19.6. The van der Waals surface area contributed by atoms with Crippen LogP contribution in [0, 0.1) is 12.7 Å². The van der Waals surface area contributed by atoms with Gasteiger partial charge in [-0.1, -0.05) is 17.7 Å². The van der Waals surface area contributed by atoms with Crippen LogP contribution in [0.3, 0.4) is 0 Å². The van der Waals surface area contributed by atoms with E-state index in [0.29, 0.717) is 24.7 Å². The highest BCUT2D eigenvalue weighted by Crippen LogP contribution is 2.20. The molecular formula is C20H24ClFN4O. The van der Waals surface area contributed by atoms with Crippen LogP contribution < -0.4 is 0 Å². The van der Waals surface area contributed by atoms with Gasteiger partial charge in [-0.3, -0.25) is 14.4 Å². The fraction of sp³-hybridized carbons (Fsp3) is 0.400. The van der Waals surface area contributed by atoms with Gasteiger partial charge in [-0.05, 0) is 37.6 Å². The number of piperazine rings is 1. The first-order valence-corrected chi connectivity index (χ1v) is 9.51. The van der Waals surface area contributed by atoms with Gasteiger partial charge in [-0.2, -0.15) is 5.10 Å². The van der Waals surface area contributed by atoms with Crippen LogP contribution in [0.2, 0.25) is 5.02 Å². The summed E-state index contributed by atoms with van der Waals surface area (Å²) in [5.74, 6) is -0.316. The second kappa shape index (κ2) is 8.67. The number of amides is 1. The molecule has 0 saturated carbocycles. The van der Waals surface area contributed by atoms with Crippen LogP contribution in [0.4, 0.5) is 4.39 Å². The molecule has 0 N–H and O–H groups in total. The molecule has 1 aliphatic rings. The second-order valence-electron chi connectivity index (χ2n) is 6.67. The van der Waals surface area contributed by atoms with Gasteiger partial charge >= 0.3 is 0 Å². The Bertz CT molecular complexity index is 841. The van der Waals surface area contributed by atoms with E-state index in [9.17, 15) is 9.18 Å². The van der Waals surface area contributed by atoms with Crippen molar-refractivity contribution >= 4 is 23.6 Å². The van der Waals surface area contributed by atoms with Gasteiger partial charge in [0.05, 0.1) is 6.20 Å². The first-order valence-electron chi connectivity index (χ1n) is 9.13. The summed E-state index contributed by atoms with van der Waals surface area (Å²) >= 11 is 6.11. The van der Waals surface area contributed by atoms with Gasteiger partial charge in [0.1, 0.15) is 5.82 Å². The molecule has 3 rings (SSSR count). The number of aryl methyl sites for hydroxylation is 1. The molecule has 0 spiro atoms. The van der Waals surface area contributed by atoms with E-state index in [1.54, 1.807) is 18.3 Å². The number of aromatic nitrogens is 2. The monoisotopic (exact) mass is 390 g/mol. The maximum Gasteiger partial charge on any atom is 0.246 e. The Morgan fingerprint density at radius 1 is 1.30 bits per heavy atom. The maximum atomic E-state index is 13.2. The Morgan fingerprint density at radius 3 is 2.67 bits per heavy atom. The van der Waals surface area contributed by atoms with E-state index in [1.165, 1.54) is 12.1 Å². The van der Waals surface area contributed by atoms with Gasteiger partial charge in [0.15, 0.2) is 0 Å². The van der Waals surface area contributed by atoms with Crippen molar-refractivity contribution in [1.29, 1.82) is 0 Å². The van der Waals surface area contributed by atoms with Crippen LogP contribution in [-0.2, 0) is 17.9 Å². The predicted molar refractivity (Wildman–Crippen MR) is 105 cm³/mol. The van der Waals surface area contributed by atoms with Crippen molar-refractivity contribution in [3.05, 3.63) is 58.1 Å². The molecule has 1 aliphatic heterocycles. The average molecular weight is 391 g/mol. The van der Waals surface area contributed by atoms with Crippen LogP contribution in [0.25, 0.3) is 6.08 Å². The molecule has 1 amide bonds. The molecule has 0 radical (unpaired) electrons. The lowest BCUT2D eigenvalue weighted by Crippen LogP contribution is -2.47. The summed E-state index contributed by atoms with van der Waals surface area (Å²) in [5.41, 5.74) is 2.93. The maximum absolute atomic E-state index is 13.2. The lowest BCUT2D eigenvalue weighted by Gasteiger charge is -2.34. The van der Waals surface area contributed by atoms with Crippen LogP contribution >= 0.6 is 11.6 Å². The van der Waals surface area contributed by atoms with Crippen LogP contribution in [0.15, 0.2) is 30.5 Å². The van der Waals surface area contributed by atoms with E-state index in [4.69, 9.17) is 11.6 Å². The normalized spacial score (nSPS) is 15.6. The number of benzene rings is 1. The standard InChI is InChI=1S/C20H24ClFN4O/c1-3-26-15(2)16(13-23-26)5-7-20(27)25-10-8-24(9-11-25)14-17-4-6-18(22)12-19(17)21/h4-7,12-13H,3,8-11,14H2,1-2H3/b7-5+. The summed E-state index contributed by atoms with van der Waals surface area (Å²) in [5, 5.41) is 4.73. The zero-order valence-electron chi connectivity index (χ0n) is 15.7. The lowest BCUT2D eigenvalue weighted by atomic mass is 10.2. The summed E-state index contributed by atoms with van der Waals surface area (Å²) in [6.45, 7) is 8.36. The Hall–Kier alpha value is -2.18. The van der Waals surface area contributed by atoms with Crippen molar-refractivity contribution in [3.8, 4) is 0 Å². The third kappa shape index (κ3) is 4.76. The molecule has 0 atom stereocenters. The molecule has 2 heterocycles. The van der Waals surface area contributed by atoms with Crippen molar-refractivity contribution in [2.24, 2.45) is 0 Å². The molecule has 5 nitrogen and oxygen atoms in total. The largest absolute Gasteiger partial charge is 0.337 e. The van der Waals surface area contributed by atoms with E-state index in [1.807, 2.05) is 29.5 Å². The first-order chi connectivity index (χ1) is 13.0. The molecule has 1 aromatic heterocycles. The molecular weight excluding hydrogens is 367 g/mol. The summed E-state index contributed by atoms with van der Waals surface area (Å²) in [7, 11) is 0. The van der Waals surface area contributed by atoms with E-state index in [0.717, 1.165) is 36.5 Å². The predicted octanol–water partition coefficient (Wildman–Crippen LogP) is 3.36. The number of nitrogens with zero attached hydrogens (tertiary/aromatic N) is 4. The van der Waals surface area contributed by atoms with Crippen molar-refractivity contribution in [1.82, 2.24) is 19.6 Å². The second-order valence-corrected chi connectivity index (χ2v) is 7.08. The fourth-order valence-electron chi connectivity index (χ4n) is 3.23. The number of halogens is 2. The van der Waals surface area contributed by atoms with Gasteiger partial charge in [0.2, 0.25) is 5.91 Å². The van der Waals surface area contributed by atoms with Crippen LogP contribution in [-0.4, -0.2) is 51.7 Å². The Labute approximate surface area is 164 Å². The highest BCUT2D eigenvalue weighted by atomic mass is 35.5. The number of carbonyl (C=O) groups excluding carboxylic acids is 1. The minimum Gasteiger partial charge on any atom is -0.337 e. The third-order valence-corrected chi connectivity index (χ3v) is 5.29. The smallest absolute Gasteiger partial charge is 0.246 e. The topological polar surface area (TPSA) is 41.4 Å². The van der Waals surface area contributed by atoms with Crippen molar-refractivity contribution < 1.29 is 9.18 Å². The minimum atomic E-state index is -0.328. The quantitative estimate of drug-likeness (QED) is 0.735. The van der Waals surface area contributed by atoms with E-state index < -0.39 is 0 Å². The highest BCUT2D eigenvalue weighted by molar-refractivity contribution is 6.31. The summed E-state index contributed by atoms with van der Waals surface area (Å²) < 4.78 is 15.1. The van der Waals surface area contributed by atoms with Gasteiger partial charge < -0.3 is 4.90 Å². The Kier molecular flexibility index (Phi) is 6.29. The Balaban J connectivity index is 1.53. The molecule has 7 heteroatoms. The number of hydrogen-bond donors (Lipinski definition) is 0. The third-order valence-electron chi connectivity index (χ3n) is 4.94. The van der Waals surface area contributed by atoms with E-state index in [-0.39, 0.29) is 11.7 Å². The van der Waals surface area contributed by atoms with E-state index in [2.05, 4.69) is 10.00 Å². The van der Waals surface area contributed by atoms with Crippen molar-refractivity contribution in [2.45, 2.75) is 26.9 Å². The molecule has 27 heavy (non-hydrogen) atoms. The lowest BCUT2D eigenvalue weighted by molar-refractivity contribution is -0.127. The van der Waals surface area contributed by atoms with Gasteiger partial charge in [-0.25, -0.2) is 4.39 Å². The summed E-state index contributed by atoms with van der Waals surface area (Å²) in [6.07, 6.45) is 5.24. The van der Waals surface area contributed by atoms with Gasteiger partial charge in [0, 0.05) is 61.6 Å². The van der Waals surface area contributed by atoms with Crippen LogP contribution in [0.5, 0.6) is 0 Å². The average Bonchev–Trinajstić information content (AvgIpc) is 3.02. The Morgan fingerprint density at radius 2 is 2.04 bits per heavy atom. The molecule has 1 saturated heterocycles. The molecule has 0 bridgehead atoms. The zero-order valence-corrected chi connectivity index (χ0v) is 16.4. The van der Waals surface area contributed by atoms with Crippen molar-refractivity contribution in [3.63, 3.8) is 0 Å². The van der Waals surface area contributed by atoms with Crippen LogP contribution in [0.1, 0.15) is 23.7 Å². The molecule has 0 unspecified atom stereocenters. The molecule has 144 valence electrons. The van der Waals surface area contributed by atoms with Crippen molar-refractivity contribution in [2.75, 3.05) is 26.2 Å². The molecule has 1 aromatic carbocycles. The van der Waals surface area contributed by atoms with Gasteiger partial charge in [0.25, 0.3) is 0 Å². The minimum absolute atomic E-state index is 0.0121. The highest BCUT2D eigenvalue weighted by Gasteiger charge is 2.20. The molecule has 0 aliphatic carbocycles.